The van der Waals surface area contributed by atoms with Crippen LogP contribution in [0.2, 0.25) is 10.0 Å². The molecule has 0 fully saturated rings. The van der Waals surface area contributed by atoms with Crippen LogP contribution in [0.5, 0.6) is 0 Å². The van der Waals surface area contributed by atoms with E-state index in [1.165, 1.54) is 23.5 Å². The Labute approximate surface area is 173 Å². The fourth-order valence-corrected chi connectivity index (χ4v) is 3.29. The monoisotopic (exact) mass is 439 g/mol. The number of ether oxygens (including phenoxy) is 1. The number of nitrogens with one attached hydrogen (secondary N) is 2. The molecule has 2 amide bonds. The van der Waals surface area contributed by atoms with E-state index in [0.29, 0.717) is 15.1 Å². The number of carbonyl (C=O) groups excluding carboxylic acids is 2. The minimum absolute atomic E-state index is 0.126. The molecule has 0 aliphatic rings. The molecule has 28 heavy (non-hydrogen) atoms. The van der Waals surface area contributed by atoms with Gasteiger partial charge in [-0.05, 0) is 30.3 Å². The number of benzene rings is 2. The molecule has 0 aliphatic carbocycles. The fraction of sp³-hybridized carbons (Fsp3) is 0.0556. The molecule has 1 heterocycles. The van der Waals surface area contributed by atoms with E-state index in [4.69, 9.17) is 23.2 Å². The van der Waals surface area contributed by atoms with Crippen molar-refractivity contribution in [1.82, 2.24) is 4.98 Å². The molecular weight excluding hydrogens is 428 g/mol. The van der Waals surface area contributed by atoms with E-state index in [1.807, 2.05) is 0 Å². The first kappa shape index (κ1) is 20.1. The third kappa shape index (κ3) is 4.59. The lowest BCUT2D eigenvalue weighted by atomic mass is 10.2. The van der Waals surface area contributed by atoms with Crippen LogP contribution in [0.3, 0.4) is 0 Å². The molecule has 0 unspecified atom stereocenters. The Morgan fingerprint density at radius 2 is 1.89 bits per heavy atom. The van der Waals surface area contributed by atoms with Crippen LogP contribution in [0.1, 0.15) is 10.5 Å². The van der Waals surface area contributed by atoms with Gasteiger partial charge in [-0.1, -0.05) is 29.3 Å². The van der Waals surface area contributed by atoms with Gasteiger partial charge >= 0.3 is 6.09 Å². The summed E-state index contributed by atoms with van der Waals surface area (Å²) in [6.07, 6.45) is -0.826. The van der Waals surface area contributed by atoms with Crippen molar-refractivity contribution in [3.8, 4) is 10.6 Å². The lowest BCUT2D eigenvalue weighted by Crippen LogP contribution is -2.14. The van der Waals surface area contributed by atoms with Gasteiger partial charge < -0.3 is 10.1 Å². The van der Waals surface area contributed by atoms with Crippen LogP contribution in [-0.4, -0.2) is 24.1 Å². The predicted octanol–water partition coefficient (Wildman–Crippen LogP) is 5.69. The second-order valence-electron chi connectivity index (χ2n) is 5.43. The van der Waals surface area contributed by atoms with E-state index < -0.39 is 17.8 Å². The number of methoxy groups -OCH3 is 1. The van der Waals surface area contributed by atoms with E-state index in [9.17, 15) is 14.0 Å². The standard InChI is InChI=1S/C18H12Cl2FN3O3S/c1-27-18(26)24-14-7-10(3-5-13(14)21)22-16(25)15-8-28-17(23-15)9-2-4-11(19)12(20)6-9/h2-8H,1H3,(H,22,25)(H,24,26). The molecule has 0 spiro atoms. The maximum absolute atomic E-state index is 13.8. The summed E-state index contributed by atoms with van der Waals surface area (Å²) in [6, 6.07) is 8.81. The highest BCUT2D eigenvalue weighted by atomic mass is 35.5. The number of rotatable bonds is 4. The summed E-state index contributed by atoms with van der Waals surface area (Å²) >= 11 is 13.2. The Bertz CT molecular complexity index is 1060. The summed E-state index contributed by atoms with van der Waals surface area (Å²) in [7, 11) is 1.16. The molecule has 10 heteroatoms. The zero-order valence-electron chi connectivity index (χ0n) is 14.3. The van der Waals surface area contributed by atoms with E-state index >= 15 is 0 Å². The fourth-order valence-electron chi connectivity index (χ4n) is 2.19. The topological polar surface area (TPSA) is 80.3 Å². The molecule has 0 aliphatic heterocycles. The molecule has 6 nitrogen and oxygen atoms in total. The highest BCUT2D eigenvalue weighted by Crippen LogP contribution is 2.30. The number of thiazole rings is 1. The predicted molar refractivity (Wildman–Crippen MR) is 108 cm³/mol. The van der Waals surface area contributed by atoms with Gasteiger partial charge in [-0.2, -0.15) is 0 Å². The van der Waals surface area contributed by atoms with E-state index in [0.717, 1.165) is 18.7 Å². The first-order chi connectivity index (χ1) is 13.4. The molecule has 3 rings (SSSR count). The van der Waals surface area contributed by atoms with Crippen LogP contribution in [0, 0.1) is 5.82 Å². The average molecular weight is 440 g/mol. The SMILES string of the molecule is COC(=O)Nc1cc(NC(=O)c2csc(-c3ccc(Cl)c(Cl)c3)n2)ccc1F. The van der Waals surface area contributed by atoms with Crippen LogP contribution in [-0.2, 0) is 4.74 Å². The van der Waals surface area contributed by atoms with E-state index in [-0.39, 0.29) is 17.1 Å². The summed E-state index contributed by atoms with van der Waals surface area (Å²) in [5.74, 6) is -1.16. The summed E-state index contributed by atoms with van der Waals surface area (Å²) in [5.41, 5.74) is 1.06. The summed E-state index contributed by atoms with van der Waals surface area (Å²) < 4.78 is 18.2. The van der Waals surface area contributed by atoms with Gasteiger partial charge in [0.2, 0.25) is 0 Å². The minimum Gasteiger partial charge on any atom is -0.453 e. The zero-order valence-corrected chi connectivity index (χ0v) is 16.6. The average Bonchev–Trinajstić information content (AvgIpc) is 3.17. The summed E-state index contributed by atoms with van der Waals surface area (Å²) in [4.78, 5) is 28.0. The van der Waals surface area contributed by atoms with Gasteiger partial charge in [-0.25, -0.2) is 14.2 Å². The molecule has 144 valence electrons. The Balaban J connectivity index is 1.77. The zero-order chi connectivity index (χ0) is 20.3. The molecule has 0 atom stereocenters. The van der Waals surface area contributed by atoms with Crippen molar-refractivity contribution in [3.05, 3.63) is 63.3 Å². The van der Waals surface area contributed by atoms with Crippen molar-refractivity contribution < 1.29 is 18.7 Å². The third-order valence-corrected chi connectivity index (χ3v) is 5.18. The quantitative estimate of drug-likeness (QED) is 0.547. The highest BCUT2D eigenvalue weighted by molar-refractivity contribution is 7.13. The second kappa shape index (κ2) is 8.55. The van der Waals surface area contributed by atoms with Gasteiger partial charge in [0.1, 0.15) is 16.5 Å². The number of anilines is 2. The van der Waals surface area contributed by atoms with Crippen molar-refractivity contribution in [1.29, 1.82) is 0 Å². The Hall–Kier alpha value is -2.68. The molecule has 0 saturated heterocycles. The van der Waals surface area contributed by atoms with Crippen LogP contribution in [0.4, 0.5) is 20.6 Å². The van der Waals surface area contributed by atoms with Gasteiger partial charge in [-0.3, -0.25) is 10.1 Å². The maximum atomic E-state index is 13.8. The second-order valence-corrected chi connectivity index (χ2v) is 7.10. The number of aromatic nitrogens is 1. The number of amides is 2. The lowest BCUT2D eigenvalue weighted by molar-refractivity contribution is 0.102. The number of nitrogens with zero attached hydrogens (tertiary/aromatic N) is 1. The normalized spacial score (nSPS) is 10.4. The lowest BCUT2D eigenvalue weighted by Gasteiger charge is -2.08. The summed E-state index contributed by atoms with van der Waals surface area (Å²) in [6.45, 7) is 0. The Morgan fingerprint density at radius 3 is 2.61 bits per heavy atom. The first-order valence-electron chi connectivity index (χ1n) is 7.74. The molecule has 0 radical (unpaired) electrons. The van der Waals surface area contributed by atoms with Crippen molar-refractivity contribution in [2.75, 3.05) is 17.7 Å². The van der Waals surface area contributed by atoms with Gasteiger partial charge in [-0.15, -0.1) is 11.3 Å². The maximum Gasteiger partial charge on any atom is 0.411 e. The summed E-state index contributed by atoms with van der Waals surface area (Å²) in [5, 5.41) is 7.82. The van der Waals surface area contributed by atoms with E-state index in [1.54, 1.807) is 23.6 Å². The minimum atomic E-state index is -0.826. The largest absolute Gasteiger partial charge is 0.453 e. The molecule has 0 bridgehead atoms. The van der Waals surface area contributed by atoms with Crippen LogP contribution in [0.15, 0.2) is 41.8 Å². The van der Waals surface area contributed by atoms with Gasteiger partial charge in [0, 0.05) is 16.6 Å². The molecule has 2 aromatic carbocycles. The molecule has 1 aromatic heterocycles. The Morgan fingerprint density at radius 1 is 1.11 bits per heavy atom. The molecule has 2 N–H and O–H groups in total. The van der Waals surface area contributed by atoms with Crippen LogP contribution in [0.25, 0.3) is 10.6 Å². The Kier molecular flexibility index (Phi) is 6.13. The number of hydrogen-bond donors (Lipinski definition) is 2. The third-order valence-electron chi connectivity index (χ3n) is 3.55. The van der Waals surface area contributed by atoms with Crippen molar-refractivity contribution in [2.24, 2.45) is 0 Å². The molecule has 0 saturated carbocycles. The number of halogens is 3. The number of carbonyl (C=O) groups is 2. The van der Waals surface area contributed by atoms with Crippen molar-refractivity contribution in [3.63, 3.8) is 0 Å². The van der Waals surface area contributed by atoms with Crippen molar-refractivity contribution >= 4 is 57.9 Å². The van der Waals surface area contributed by atoms with Crippen LogP contribution < -0.4 is 10.6 Å². The smallest absolute Gasteiger partial charge is 0.411 e. The number of hydrogen-bond acceptors (Lipinski definition) is 5. The van der Waals surface area contributed by atoms with E-state index in [2.05, 4.69) is 20.4 Å². The van der Waals surface area contributed by atoms with Crippen LogP contribution >= 0.6 is 34.5 Å². The first-order valence-corrected chi connectivity index (χ1v) is 9.37. The van der Waals surface area contributed by atoms with Gasteiger partial charge in [0.05, 0.1) is 22.8 Å². The molecule has 3 aromatic rings. The van der Waals surface area contributed by atoms with Gasteiger partial charge in [0.15, 0.2) is 0 Å². The highest BCUT2D eigenvalue weighted by Gasteiger charge is 2.14. The van der Waals surface area contributed by atoms with Gasteiger partial charge in [0.25, 0.3) is 5.91 Å². The van der Waals surface area contributed by atoms with Crippen molar-refractivity contribution in [2.45, 2.75) is 0 Å². The molecular formula is C18H12Cl2FN3O3S.